The Morgan fingerprint density at radius 3 is 2.71 bits per heavy atom. The van der Waals surface area contributed by atoms with Crippen molar-refractivity contribution in [2.24, 2.45) is 0 Å². The van der Waals surface area contributed by atoms with Gasteiger partial charge in [0.2, 0.25) is 0 Å². The van der Waals surface area contributed by atoms with Crippen molar-refractivity contribution in [3.63, 3.8) is 0 Å². The molecule has 0 bridgehead atoms. The number of para-hydroxylation sites is 1. The van der Waals surface area contributed by atoms with Crippen LogP contribution in [0.3, 0.4) is 0 Å². The summed E-state index contributed by atoms with van der Waals surface area (Å²) < 4.78 is 0.790. The average Bonchev–Trinajstić information content (AvgIpc) is 2.53. The summed E-state index contributed by atoms with van der Waals surface area (Å²) in [5, 5.41) is 4.01. The number of hydrogen-bond donors (Lipinski definition) is 1. The second-order valence-electron chi connectivity index (χ2n) is 4.65. The van der Waals surface area contributed by atoms with Gasteiger partial charge in [-0.15, -0.1) is 0 Å². The standard InChI is InChI=1S/C17H13BrN2O/c18-15-9-2-1-8-14(15)17(21)20-11-13-6-3-5-12-7-4-10-19-16(12)13/h1-10H,11H2,(H,20,21). The number of rotatable bonds is 3. The highest BCUT2D eigenvalue weighted by Gasteiger charge is 2.09. The summed E-state index contributed by atoms with van der Waals surface area (Å²) in [7, 11) is 0. The number of nitrogens with zero attached hydrogens (tertiary/aromatic N) is 1. The minimum atomic E-state index is -0.101. The Morgan fingerprint density at radius 2 is 1.86 bits per heavy atom. The monoisotopic (exact) mass is 340 g/mol. The van der Waals surface area contributed by atoms with Gasteiger partial charge in [-0.1, -0.05) is 36.4 Å². The second kappa shape index (κ2) is 6.06. The molecule has 3 nitrogen and oxygen atoms in total. The number of carbonyl (C=O) groups is 1. The largest absolute Gasteiger partial charge is 0.348 e. The van der Waals surface area contributed by atoms with E-state index in [-0.39, 0.29) is 5.91 Å². The predicted molar refractivity (Wildman–Crippen MR) is 87.1 cm³/mol. The summed E-state index contributed by atoms with van der Waals surface area (Å²) in [6, 6.07) is 17.3. The zero-order chi connectivity index (χ0) is 14.7. The zero-order valence-corrected chi connectivity index (χ0v) is 12.8. The maximum absolute atomic E-state index is 12.2. The first-order valence-corrected chi connectivity index (χ1v) is 7.40. The molecule has 1 heterocycles. The number of amides is 1. The van der Waals surface area contributed by atoms with Gasteiger partial charge in [-0.3, -0.25) is 9.78 Å². The lowest BCUT2D eigenvalue weighted by atomic mass is 10.1. The molecule has 1 N–H and O–H groups in total. The highest BCUT2D eigenvalue weighted by molar-refractivity contribution is 9.10. The van der Waals surface area contributed by atoms with Crippen LogP contribution >= 0.6 is 15.9 Å². The molecule has 2 aromatic carbocycles. The second-order valence-corrected chi connectivity index (χ2v) is 5.51. The van der Waals surface area contributed by atoms with E-state index in [1.165, 1.54) is 0 Å². The Morgan fingerprint density at radius 1 is 1.05 bits per heavy atom. The molecule has 4 heteroatoms. The van der Waals surface area contributed by atoms with Crippen molar-refractivity contribution in [2.75, 3.05) is 0 Å². The highest BCUT2D eigenvalue weighted by Crippen LogP contribution is 2.17. The molecule has 0 aliphatic heterocycles. The molecule has 0 aliphatic rings. The maximum atomic E-state index is 12.2. The number of aromatic nitrogens is 1. The molecule has 1 amide bonds. The molecule has 0 spiro atoms. The number of fused-ring (bicyclic) bond motifs is 1. The van der Waals surface area contributed by atoms with Crippen LogP contribution < -0.4 is 5.32 Å². The predicted octanol–water partition coefficient (Wildman–Crippen LogP) is 3.93. The summed E-state index contributed by atoms with van der Waals surface area (Å²) in [6.45, 7) is 0.453. The fourth-order valence-corrected chi connectivity index (χ4v) is 2.69. The molecule has 21 heavy (non-hydrogen) atoms. The summed E-state index contributed by atoms with van der Waals surface area (Å²) >= 11 is 3.39. The molecule has 0 atom stereocenters. The number of benzene rings is 2. The minimum absolute atomic E-state index is 0.101. The van der Waals surface area contributed by atoms with E-state index in [1.54, 1.807) is 12.3 Å². The van der Waals surface area contributed by atoms with Crippen LogP contribution in [0.2, 0.25) is 0 Å². The molecule has 0 saturated carbocycles. The quantitative estimate of drug-likeness (QED) is 0.784. The maximum Gasteiger partial charge on any atom is 0.252 e. The third-order valence-corrected chi connectivity index (χ3v) is 3.97. The van der Waals surface area contributed by atoms with E-state index in [0.29, 0.717) is 12.1 Å². The van der Waals surface area contributed by atoms with Crippen LogP contribution in [0.4, 0.5) is 0 Å². The van der Waals surface area contributed by atoms with E-state index in [4.69, 9.17) is 0 Å². The van der Waals surface area contributed by atoms with Crippen LogP contribution in [0, 0.1) is 0 Å². The van der Waals surface area contributed by atoms with Crippen molar-refractivity contribution in [2.45, 2.75) is 6.54 Å². The molecule has 3 rings (SSSR count). The van der Waals surface area contributed by atoms with Gasteiger partial charge in [0.15, 0.2) is 0 Å². The summed E-state index contributed by atoms with van der Waals surface area (Å²) in [5.41, 5.74) is 2.56. The van der Waals surface area contributed by atoms with Gasteiger partial charge < -0.3 is 5.32 Å². The van der Waals surface area contributed by atoms with E-state index in [2.05, 4.69) is 26.2 Å². The third-order valence-electron chi connectivity index (χ3n) is 3.27. The first-order chi connectivity index (χ1) is 10.3. The number of nitrogens with one attached hydrogen (secondary N) is 1. The molecule has 0 unspecified atom stereocenters. The van der Waals surface area contributed by atoms with Crippen LogP contribution in [0.25, 0.3) is 10.9 Å². The van der Waals surface area contributed by atoms with Gasteiger partial charge in [-0.05, 0) is 39.7 Å². The third kappa shape index (κ3) is 2.95. The van der Waals surface area contributed by atoms with Crippen molar-refractivity contribution >= 4 is 32.7 Å². The van der Waals surface area contributed by atoms with E-state index in [9.17, 15) is 4.79 Å². The van der Waals surface area contributed by atoms with Crippen LogP contribution in [-0.2, 0) is 6.54 Å². The van der Waals surface area contributed by atoms with Gasteiger partial charge in [0.05, 0.1) is 11.1 Å². The fourth-order valence-electron chi connectivity index (χ4n) is 2.23. The van der Waals surface area contributed by atoms with Gasteiger partial charge in [-0.2, -0.15) is 0 Å². The van der Waals surface area contributed by atoms with Gasteiger partial charge in [0.1, 0.15) is 0 Å². The topological polar surface area (TPSA) is 42.0 Å². The molecular formula is C17H13BrN2O. The number of halogens is 1. The van der Waals surface area contributed by atoms with Crippen LogP contribution in [0.5, 0.6) is 0 Å². The van der Waals surface area contributed by atoms with Gasteiger partial charge in [-0.25, -0.2) is 0 Å². The first-order valence-electron chi connectivity index (χ1n) is 6.61. The molecule has 0 fully saturated rings. The lowest BCUT2D eigenvalue weighted by Gasteiger charge is -2.08. The lowest BCUT2D eigenvalue weighted by molar-refractivity contribution is 0.0950. The summed E-state index contributed by atoms with van der Waals surface area (Å²) in [6.07, 6.45) is 1.77. The highest BCUT2D eigenvalue weighted by atomic mass is 79.9. The lowest BCUT2D eigenvalue weighted by Crippen LogP contribution is -2.23. The smallest absolute Gasteiger partial charge is 0.252 e. The summed E-state index contributed by atoms with van der Waals surface area (Å²) in [5.74, 6) is -0.101. The van der Waals surface area contributed by atoms with Crippen molar-refractivity contribution in [3.8, 4) is 0 Å². The summed E-state index contributed by atoms with van der Waals surface area (Å²) in [4.78, 5) is 16.6. The van der Waals surface area contributed by atoms with Gasteiger partial charge >= 0.3 is 0 Å². The van der Waals surface area contributed by atoms with E-state index in [1.807, 2.05) is 48.5 Å². The van der Waals surface area contributed by atoms with Crippen molar-refractivity contribution in [1.82, 2.24) is 10.3 Å². The molecule has 104 valence electrons. The van der Waals surface area contributed by atoms with Crippen LogP contribution in [0.1, 0.15) is 15.9 Å². The van der Waals surface area contributed by atoms with Gasteiger partial charge in [0, 0.05) is 22.6 Å². The molecule has 3 aromatic rings. The Labute approximate surface area is 131 Å². The SMILES string of the molecule is O=C(NCc1cccc2cccnc12)c1ccccc1Br. The first kappa shape index (κ1) is 13.8. The van der Waals surface area contributed by atoms with E-state index in [0.717, 1.165) is 20.9 Å². The number of pyridine rings is 1. The Balaban J connectivity index is 1.81. The fraction of sp³-hybridized carbons (Fsp3) is 0.0588. The molecule has 0 saturated heterocycles. The zero-order valence-electron chi connectivity index (χ0n) is 11.2. The van der Waals surface area contributed by atoms with Gasteiger partial charge in [0.25, 0.3) is 5.91 Å². The normalized spacial score (nSPS) is 10.5. The average molecular weight is 341 g/mol. The Bertz CT molecular complexity index is 796. The Kier molecular flexibility index (Phi) is 3.97. The molecule has 1 aromatic heterocycles. The van der Waals surface area contributed by atoms with Crippen molar-refractivity contribution in [1.29, 1.82) is 0 Å². The van der Waals surface area contributed by atoms with Crippen LogP contribution in [0.15, 0.2) is 65.3 Å². The molecular weight excluding hydrogens is 328 g/mol. The number of carbonyl (C=O) groups excluding carboxylic acids is 1. The van der Waals surface area contributed by atoms with E-state index < -0.39 is 0 Å². The number of hydrogen-bond acceptors (Lipinski definition) is 2. The molecule has 0 radical (unpaired) electrons. The van der Waals surface area contributed by atoms with Crippen molar-refractivity contribution in [3.05, 3.63) is 76.4 Å². The van der Waals surface area contributed by atoms with E-state index >= 15 is 0 Å². The van der Waals surface area contributed by atoms with Crippen LogP contribution in [-0.4, -0.2) is 10.9 Å². The van der Waals surface area contributed by atoms with Crippen molar-refractivity contribution < 1.29 is 4.79 Å². The minimum Gasteiger partial charge on any atom is -0.348 e. The Hall–Kier alpha value is -2.20. The molecule has 0 aliphatic carbocycles.